The number of halogens is 2. The minimum Gasteiger partial charge on any atom is -0.237 e. The van der Waals surface area contributed by atoms with Gasteiger partial charge in [0.2, 0.25) is 0 Å². The Kier molecular flexibility index (Phi) is 3.20. The molecule has 1 aliphatic rings. The second kappa shape index (κ2) is 4.71. The fourth-order valence-electron chi connectivity index (χ4n) is 2.21. The molecule has 0 unspecified atom stereocenters. The molecule has 0 N–H and O–H groups in total. The van der Waals surface area contributed by atoms with E-state index < -0.39 is 0 Å². The normalized spacial score (nSPS) is 15.1. The van der Waals surface area contributed by atoms with E-state index in [4.69, 9.17) is 11.6 Å². The number of nitrogens with zero attached hydrogens (tertiary/aromatic N) is 2. The first-order valence-electron chi connectivity index (χ1n) is 6.10. The van der Waals surface area contributed by atoms with Crippen molar-refractivity contribution in [3.63, 3.8) is 0 Å². The molecule has 1 saturated carbocycles. The van der Waals surface area contributed by atoms with Crippen molar-refractivity contribution in [2.45, 2.75) is 31.0 Å². The van der Waals surface area contributed by atoms with Crippen LogP contribution in [0.1, 0.15) is 35.6 Å². The molecular formula is C14H14BrClN2. The van der Waals surface area contributed by atoms with Crippen molar-refractivity contribution in [2.75, 3.05) is 0 Å². The highest BCUT2D eigenvalue weighted by molar-refractivity contribution is 9.08. The van der Waals surface area contributed by atoms with E-state index in [1.54, 1.807) is 0 Å². The zero-order valence-corrected chi connectivity index (χ0v) is 12.5. The summed E-state index contributed by atoms with van der Waals surface area (Å²) >= 11 is 9.74. The molecule has 1 aromatic heterocycles. The lowest BCUT2D eigenvalue weighted by Crippen LogP contribution is -2.02. The third kappa shape index (κ3) is 2.10. The second-order valence-electron chi connectivity index (χ2n) is 4.81. The average Bonchev–Trinajstić information content (AvgIpc) is 3.12. The van der Waals surface area contributed by atoms with Crippen molar-refractivity contribution in [3.8, 4) is 5.69 Å². The fraction of sp³-hybridized carbons (Fsp3) is 0.357. The number of aryl methyl sites for hydroxylation is 1. The van der Waals surface area contributed by atoms with Crippen molar-refractivity contribution in [3.05, 3.63) is 46.2 Å². The Hall–Kier alpha value is -0.800. The van der Waals surface area contributed by atoms with Gasteiger partial charge >= 0.3 is 0 Å². The summed E-state index contributed by atoms with van der Waals surface area (Å²) in [5.74, 6) is 0.667. The summed E-state index contributed by atoms with van der Waals surface area (Å²) in [6.07, 6.45) is 4.49. The van der Waals surface area contributed by atoms with Crippen LogP contribution in [0.3, 0.4) is 0 Å². The zero-order valence-electron chi connectivity index (χ0n) is 10.2. The largest absolute Gasteiger partial charge is 0.237 e. The van der Waals surface area contributed by atoms with Crippen LogP contribution in [0.2, 0.25) is 5.02 Å². The van der Waals surface area contributed by atoms with Crippen molar-refractivity contribution in [1.82, 2.24) is 9.78 Å². The van der Waals surface area contributed by atoms with Crippen LogP contribution in [0.5, 0.6) is 0 Å². The van der Waals surface area contributed by atoms with E-state index >= 15 is 0 Å². The molecule has 0 atom stereocenters. The topological polar surface area (TPSA) is 17.8 Å². The van der Waals surface area contributed by atoms with Gasteiger partial charge in [-0.2, -0.15) is 5.10 Å². The van der Waals surface area contributed by atoms with Crippen LogP contribution in [0.25, 0.3) is 5.69 Å². The number of hydrogen-bond acceptors (Lipinski definition) is 1. The number of benzene rings is 1. The highest BCUT2D eigenvalue weighted by atomic mass is 79.9. The summed E-state index contributed by atoms with van der Waals surface area (Å²) in [6, 6.07) is 6.12. The van der Waals surface area contributed by atoms with Gasteiger partial charge in [0, 0.05) is 21.8 Å². The Morgan fingerprint density at radius 2 is 2.22 bits per heavy atom. The average molecular weight is 326 g/mol. The predicted octanol–water partition coefficient (Wildman–Crippen LogP) is 4.61. The summed E-state index contributed by atoms with van der Waals surface area (Å²) in [7, 11) is 0. The fourth-order valence-corrected chi connectivity index (χ4v) is 2.81. The molecular weight excluding hydrogens is 312 g/mol. The molecule has 0 radical (unpaired) electrons. The molecule has 0 aliphatic heterocycles. The number of aromatic nitrogens is 2. The Labute approximate surface area is 120 Å². The summed E-state index contributed by atoms with van der Waals surface area (Å²) in [4.78, 5) is 0. The van der Waals surface area contributed by atoms with Gasteiger partial charge in [-0.1, -0.05) is 33.6 Å². The van der Waals surface area contributed by atoms with Gasteiger partial charge in [0.05, 0.1) is 17.6 Å². The lowest BCUT2D eigenvalue weighted by Gasteiger charge is -2.09. The van der Waals surface area contributed by atoms with Crippen LogP contribution >= 0.6 is 27.5 Å². The first-order chi connectivity index (χ1) is 8.70. The van der Waals surface area contributed by atoms with Crippen LogP contribution in [-0.2, 0) is 5.33 Å². The lowest BCUT2D eigenvalue weighted by molar-refractivity contribution is 0.805. The molecule has 1 aromatic carbocycles. The van der Waals surface area contributed by atoms with E-state index in [1.165, 1.54) is 24.1 Å². The van der Waals surface area contributed by atoms with Crippen LogP contribution < -0.4 is 0 Å². The smallest absolute Gasteiger partial charge is 0.0664 e. The number of hydrogen-bond donors (Lipinski definition) is 0. The molecule has 0 amide bonds. The summed E-state index contributed by atoms with van der Waals surface area (Å²) in [6.45, 7) is 2.01. The Morgan fingerprint density at radius 1 is 1.44 bits per heavy atom. The lowest BCUT2D eigenvalue weighted by atomic mass is 10.2. The van der Waals surface area contributed by atoms with Gasteiger partial charge in [-0.25, -0.2) is 4.68 Å². The third-order valence-corrected chi connectivity index (χ3v) is 4.41. The summed E-state index contributed by atoms with van der Waals surface area (Å²) < 4.78 is 2.04. The highest BCUT2D eigenvalue weighted by Crippen LogP contribution is 2.43. The SMILES string of the molecule is Cc1ccc(-n2ncc(CBr)c2C2CC2)cc1Cl. The maximum absolute atomic E-state index is 6.20. The van der Waals surface area contributed by atoms with Crippen molar-refractivity contribution >= 4 is 27.5 Å². The third-order valence-electron chi connectivity index (χ3n) is 3.39. The van der Waals surface area contributed by atoms with E-state index in [1.807, 2.05) is 29.9 Å². The van der Waals surface area contributed by atoms with Crippen LogP contribution in [0.4, 0.5) is 0 Å². The molecule has 2 aromatic rings. The van der Waals surface area contributed by atoms with E-state index in [0.717, 1.165) is 21.6 Å². The maximum atomic E-state index is 6.20. The highest BCUT2D eigenvalue weighted by Gasteiger charge is 2.30. The van der Waals surface area contributed by atoms with Gasteiger partial charge in [-0.3, -0.25) is 0 Å². The first-order valence-corrected chi connectivity index (χ1v) is 7.60. The molecule has 1 heterocycles. The van der Waals surface area contributed by atoms with Crippen LogP contribution in [0, 0.1) is 6.92 Å². The Bertz CT molecular complexity index is 587. The number of rotatable bonds is 3. The van der Waals surface area contributed by atoms with Crippen molar-refractivity contribution in [1.29, 1.82) is 0 Å². The quantitative estimate of drug-likeness (QED) is 0.754. The maximum Gasteiger partial charge on any atom is 0.0664 e. The molecule has 0 spiro atoms. The molecule has 3 rings (SSSR count). The van der Waals surface area contributed by atoms with Gasteiger partial charge < -0.3 is 0 Å². The van der Waals surface area contributed by atoms with Gasteiger partial charge in [-0.15, -0.1) is 0 Å². The molecule has 2 nitrogen and oxygen atoms in total. The standard InChI is InChI=1S/C14H14BrClN2/c1-9-2-5-12(6-13(9)16)18-14(10-3-4-10)11(7-15)8-17-18/h2,5-6,8,10H,3-4,7H2,1H3. The van der Waals surface area contributed by atoms with Crippen molar-refractivity contribution < 1.29 is 0 Å². The minimum absolute atomic E-state index is 0.667. The summed E-state index contributed by atoms with van der Waals surface area (Å²) in [5.41, 5.74) is 4.78. The van der Waals surface area contributed by atoms with Crippen molar-refractivity contribution in [2.24, 2.45) is 0 Å². The van der Waals surface area contributed by atoms with Gasteiger partial charge in [0.1, 0.15) is 0 Å². The van der Waals surface area contributed by atoms with E-state index in [-0.39, 0.29) is 0 Å². The van der Waals surface area contributed by atoms with Gasteiger partial charge in [0.25, 0.3) is 0 Å². The molecule has 0 saturated heterocycles. The Balaban J connectivity index is 2.10. The van der Waals surface area contributed by atoms with Crippen LogP contribution in [0.15, 0.2) is 24.4 Å². The zero-order chi connectivity index (χ0) is 12.7. The molecule has 1 aliphatic carbocycles. The monoisotopic (exact) mass is 324 g/mol. The molecule has 18 heavy (non-hydrogen) atoms. The molecule has 0 bridgehead atoms. The summed E-state index contributed by atoms with van der Waals surface area (Å²) in [5, 5.41) is 6.17. The molecule has 4 heteroatoms. The van der Waals surface area contributed by atoms with E-state index in [2.05, 4.69) is 27.1 Å². The Morgan fingerprint density at radius 3 is 2.83 bits per heavy atom. The van der Waals surface area contributed by atoms with E-state index in [0.29, 0.717) is 5.92 Å². The van der Waals surface area contributed by atoms with Gasteiger partial charge in [-0.05, 0) is 37.5 Å². The molecule has 1 fully saturated rings. The van der Waals surface area contributed by atoms with Gasteiger partial charge in [0.15, 0.2) is 0 Å². The predicted molar refractivity (Wildman–Crippen MR) is 77.9 cm³/mol. The first kappa shape index (κ1) is 12.2. The number of alkyl halides is 1. The second-order valence-corrected chi connectivity index (χ2v) is 5.78. The van der Waals surface area contributed by atoms with E-state index in [9.17, 15) is 0 Å². The van der Waals surface area contributed by atoms with Crippen LogP contribution in [-0.4, -0.2) is 9.78 Å². The molecule has 94 valence electrons. The minimum atomic E-state index is 0.667.